The highest BCUT2D eigenvalue weighted by molar-refractivity contribution is 6.01. The van der Waals surface area contributed by atoms with Crippen LogP contribution < -0.4 is 10.6 Å². The lowest BCUT2D eigenvalue weighted by Gasteiger charge is -2.25. The third-order valence-electron chi connectivity index (χ3n) is 4.60. The molecule has 0 saturated carbocycles. The quantitative estimate of drug-likeness (QED) is 0.638. The molecule has 6 nitrogen and oxygen atoms in total. The molecule has 2 N–H and O–H groups in total. The van der Waals surface area contributed by atoms with Gasteiger partial charge in [-0.05, 0) is 31.8 Å². The van der Waals surface area contributed by atoms with Crippen LogP contribution in [0, 0.1) is 11.8 Å². The van der Waals surface area contributed by atoms with Crippen molar-refractivity contribution >= 4 is 11.9 Å². The van der Waals surface area contributed by atoms with E-state index >= 15 is 0 Å². The maximum atomic E-state index is 11.5. The first kappa shape index (κ1) is 11.9. The van der Waals surface area contributed by atoms with Crippen LogP contribution in [0.3, 0.4) is 0 Å². The van der Waals surface area contributed by atoms with E-state index in [1.54, 1.807) is 0 Å². The molecule has 0 bridgehead atoms. The largest absolute Gasteiger partial charge is 0.329 e. The van der Waals surface area contributed by atoms with Gasteiger partial charge in [0.05, 0.1) is 6.54 Å². The Kier molecular flexibility index (Phi) is 2.99. The average molecular weight is 252 g/mol. The topological polar surface area (TPSA) is 64.7 Å². The molecule has 3 aliphatic heterocycles. The van der Waals surface area contributed by atoms with E-state index in [2.05, 4.69) is 22.5 Å². The lowest BCUT2D eigenvalue weighted by atomic mass is 9.95. The van der Waals surface area contributed by atoms with Crippen LogP contribution in [0.1, 0.15) is 6.92 Å². The summed E-state index contributed by atoms with van der Waals surface area (Å²) in [6, 6.07) is 0.305. The van der Waals surface area contributed by atoms with E-state index < -0.39 is 0 Å². The van der Waals surface area contributed by atoms with Gasteiger partial charge in [-0.3, -0.25) is 14.6 Å². The van der Waals surface area contributed by atoms with E-state index in [0.717, 1.165) is 38.0 Å². The molecule has 0 aromatic carbocycles. The molecule has 0 aliphatic carbocycles. The molecule has 3 atom stereocenters. The van der Waals surface area contributed by atoms with Crippen LogP contribution in [0.4, 0.5) is 4.79 Å². The van der Waals surface area contributed by atoms with Crippen molar-refractivity contribution < 1.29 is 9.59 Å². The fourth-order valence-corrected chi connectivity index (χ4v) is 3.46. The first-order chi connectivity index (χ1) is 8.66. The second-order valence-electron chi connectivity index (χ2n) is 5.52. The van der Waals surface area contributed by atoms with E-state index in [4.69, 9.17) is 0 Å². The summed E-state index contributed by atoms with van der Waals surface area (Å²) < 4.78 is 0. The molecular formula is C12H20N4O2. The average Bonchev–Trinajstić information content (AvgIpc) is 2.98. The Morgan fingerprint density at radius 1 is 1.28 bits per heavy atom. The molecular weight excluding hydrogens is 232 g/mol. The highest BCUT2D eigenvalue weighted by atomic mass is 16.2. The van der Waals surface area contributed by atoms with Crippen molar-refractivity contribution in [2.24, 2.45) is 11.8 Å². The van der Waals surface area contributed by atoms with Crippen LogP contribution >= 0.6 is 0 Å². The van der Waals surface area contributed by atoms with Crippen LogP contribution in [0.2, 0.25) is 0 Å². The van der Waals surface area contributed by atoms with Crippen molar-refractivity contribution in [3.05, 3.63) is 0 Å². The Morgan fingerprint density at radius 3 is 2.78 bits per heavy atom. The van der Waals surface area contributed by atoms with Crippen LogP contribution in [-0.2, 0) is 4.79 Å². The number of amides is 3. The molecule has 3 aliphatic rings. The molecule has 18 heavy (non-hydrogen) atoms. The summed E-state index contributed by atoms with van der Waals surface area (Å²) in [5.74, 6) is 1.37. The van der Waals surface area contributed by atoms with E-state index in [-0.39, 0.29) is 18.5 Å². The number of hydrogen-bond donors (Lipinski definition) is 2. The van der Waals surface area contributed by atoms with Gasteiger partial charge in [-0.15, -0.1) is 0 Å². The molecule has 3 saturated heterocycles. The summed E-state index contributed by atoms with van der Waals surface area (Å²) in [6.07, 6.45) is 0. The smallest absolute Gasteiger partial charge is 0.324 e. The van der Waals surface area contributed by atoms with Gasteiger partial charge >= 0.3 is 6.03 Å². The Labute approximate surface area is 107 Å². The van der Waals surface area contributed by atoms with E-state index in [9.17, 15) is 9.59 Å². The molecule has 3 amide bonds. The summed E-state index contributed by atoms with van der Waals surface area (Å²) in [5, 5.41) is 5.99. The molecule has 0 aromatic rings. The van der Waals surface area contributed by atoms with Crippen molar-refractivity contribution in [2.75, 3.05) is 39.3 Å². The molecule has 3 fully saturated rings. The summed E-state index contributed by atoms with van der Waals surface area (Å²) in [5.41, 5.74) is 0. The van der Waals surface area contributed by atoms with Crippen molar-refractivity contribution in [3.63, 3.8) is 0 Å². The predicted molar refractivity (Wildman–Crippen MR) is 66.0 cm³/mol. The molecule has 0 spiro atoms. The van der Waals surface area contributed by atoms with Gasteiger partial charge in [-0.25, -0.2) is 4.79 Å². The number of urea groups is 1. The van der Waals surface area contributed by atoms with Crippen LogP contribution in [0.25, 0.3) is 0 Å². The van der Waals surface area contributed by atoms with E-state index in [0.29, 0.717) is 12.6 Å². The number of carbonyl (C=O) groups excluding carboxylic acids is 2. The highest BCUT2D eigenvalue weighted by Crippen LogP contribution is 2.31. The van der Waals surface area contributed by atoms with Crippen LogP contribution in [-0.4, -0.2) is 67.0 Å². The van der Waals surface area contributed by atoms with Crippen molar-refractivity contribution in [1.82, 2.24) is 20.4 Å². The van der Waals surface area contributed by atoms with Gasteiger partial charge in [0, 0.05) is 25.7 Å². The summed E-state index contributed by atoms with van der Waals surface area (Å²) >= 11 is 0. The third-order valence-corrected chi connectivity index (χ3v) is 4.60. The summed E-state index contributed by atoms with van der Waals surface area (Å²) in [4.78, 5) is 26.7. The maximum absolute atomic E-state index is 11.5. The Balaban J connectivity index is 1.55. The first-order valence-corrected chi connectivity index (χ1v) is 6.70. The Bertz CT molecular complexity index is 357. The van der Waals surface area contributed by atoms with Gasteiger partial charge in [0.2, 0.25) is 5.91 Å². The number of nitrogens with one attached hydrogen (secondary N) is 2. The van der Waals surface area contributed by atoms with Crippen LogP contribution in [0.5, 0.6) is 0 Å². The first-order valence-electron chi connectivity index (χ1n) is 6.70. The normalized spacial score (nSPS) is 36.3. The van der Waals surface area contributed by atoms with E-state index in [1.807, 2.05) is 0 Å². The number of rotatable bonds is 3. The Hall–Kier alpha value is -1.14. The highest BCUT2D eigenvalue weighted by Gasteiger charge is 2.41. The molecule has 100 valence electrons. The number of carbonyl (C=O) groups is 2. The lowest BCUT2D eigenvalue weighted by molar-refractivity contribution is -0.125. The van der Waals surface area contributed by atoms with Gasteiger partial charge < -0.3 is 10.6 Å². The number of fused-ring (bicyclic) bond motifs is 1. The van der Waals surface area contributed by atoms with Crippen LogP contribution in [0.15, 0.2) is 0 Å². The third kappa shape index (κ3) is 1.89. The maximum Gasteiger partial charge on any atom is 0.324 e. The molecule has 3 heterocycles. The number of hydrogen-bond acceptors (Lipinski definition) is 4. The molecule has 0 aromatic heterocycles. The SMILES string of the molecule is CC1C2CNCC2CN1CCN1C(=O)CNC1=O. The van der Waals surface area contributed by atoms with Crippen molar-refractivity contribution in [2.45, 2.75) is 13.0 Å². The minimum atomic E-state index is -0.242. The minimum Gasteiger partial charge on any atom is -0.329 e. The zero-order valence-corrected chi connectivity index (χ0v) is 10.7. The van der Waals surface area contributed by atoms with Gasteiger partial charge in [0.1, 0.15) is 0 Å². The summed E-state index contributed by atoms with van der Waals surface area (Å²) in [6.45, 7) is 7.02. The zero-order valence-electron chi connectivity index (χ0n) is 10.7. The van der Waals surface area contributed by atoms with Gasteiger partial charge in [-0.2, -0.15) is 0 Å². The number of likely N-dealkylation sites (tertiary alicyclic amines) is 1. The Morgan fingerprint density at radius 2 is 2.11 bits per heavy atom. The summed E-state index contributed by atoms with van der Waals surface area (Å²) in [7, 11) is 0. The van der Waals surface area contributed by atoms with E-state index in [1.165, 1.54) is 4.90 Å². The second kappa shape index (κ2) is 4.51. The number of nitrogens with zero attached hydrogens (tertiary/aromatic N) is 2. The standard InChI is InChI=1S/C12H20N4O2/c1-8-10-5-13-4-9(10)7-15(8)2-3-16-11(17)6-14-12(16)18/h8-10,13H,2-7H2,1H3,(H,14,18). The molecule has 3 unspecified atom stereocenters. The van der Waals surface area contributed by atoms with Crippen molar-refractivity contribution in [1.29, 1.82) is 0 Å². The molecule has 0 radical (unpaired) electrons. The van der Waals surface area contributed by atoms with Crippen molar-refractivity contribution in [3.8, 4) is 0 Å². The fraction of sp³-hybridized carbons (Fsp3) is 0.833. The minimum absolute atomic E-state index is 0.103. The fourth-order valence-electron chi connectivity index (χ4n) is 3.46. The molecule has 6 heteroatoms. The second-order valence-corrected chi connectivity index (χ2v) is 5.52. The van der Waals surface area contributed by atoms with Gasteiger partial charge in [0.15, 0.2) is 0 Å². The molecule has 3 rings (SSSR count). The number of imide groups is 1. The van der Waals surface area contributed by atoms with Gasteiger partial charge in [0.25, 0.3) is 0 Å². The monoisotopic (exact) mass is 252 g/mol. The predicted octanol–water partition coefficient (Wildman–Crippen LogP) is -0.922. The van der Waals surface area contributed by atoms with Gasteiger partial charge in [-0.1, -0.05) is 0 Å². The lowest BCUT2D eigenvalue weighted by Crippen LogP contribution is -2.41. The zero-order chi connectivity index (χ0) is 12.7.